The number of rotatable bonds is 6. The van der Waals surface area contributed by atoms with E-state index >= 15 is 0 Å². The lowest BCUT2D eigenvalue weighted by Gasteiger charge is -2.15. The molecule has 1 fully saturated rings. The van der Waals surface area contributed by atoms with Gasteiger partial charge in [-0.2, -0.15) is 0 Å². The number of nitrogens with one attached hydrogen (secondary N) is 2. The Morgan fingerprint density at radius 2 is 2.00 bits per heavy atom. The van der Waals surface area contributed by atoms with E-state index in [9.17, 15) is 14.9 Å². The zero-order chi connectivity index (χ0) is 15.2. The van der Waals surface area contributed by atoms with Crippen LogP contribution in [0, 0.1) is 10.1 Å². The summed E-state index contributed by atoms with van der Waals surface area (Å²) in [5.41, 5.74) is 2.77. The second kappa shape index (κ2) is 6.89. The minimum Gasteiger partial charge on any atom is -0.379 e. The molecule has 1 aliphatic heterocycles. The van der Waals surface area contributed by atoms with Crippen LogP contribution in [0.3, 0.4) is 0 Å². The van der Waals surface area contributed by atoms with E-state index in [0.717, 1.165) is 25.9 Å². The van der Waals surface area contributed by atoms with E-state index in [1.165, 1.54) is 6.07 Å². The number of nitro benzene ring substituents is 1. The van der Waals surface area contributed by atoms with Gasteiger partial charge in [0.25, 0.3) is 0 Å². The molecule has 0 aromatic heterocycles. The molecule has 1 amide bonds. The summed E-state index contributed by atoms with van der Waals surface area (Å²) in [6, 6.07) is 4.78. The molecule has 8 heteroatoms. The monoisotopic (exact) mass is 293 g/mol. The normalized spacial score (nSPS) is 14.0. The van der Waals surface area contributed by atoms with E-state index in [4.69, 9.17) is 5.84 Å². The highest BCUT2D eigenvalue weighted by atomic mass is 16.6. The van der Waals surface area contributed by atoms with E-state index in [-0.39, 0.29) is 17.3 Å². The Kier molecular flexibility index (Phi) is 4.94. The molecule has 0 saturated carbocycles. The molecule has 0 radical (unpaired) electrons. The summed E-state index contributed by atoms with van der Waals surface area (Å²) in [4.78, 5) is 24.3. The zero-order valence-electron chi connectivity index (χ0n) is 11.7. The fraction of sp³-hybridized carbons (Fsp3) is 0.462. The average Bonchev–Trinajstić information content (AvgIpc) is 3.00. The zero-order valence-corrected chi connectivity index (χ0v) is 11.7. The Balaban J connectivity index is 1.96. The van der Waals surface area contributed by atoms with Gasteiger partial charge in [0.2, 0.25) is 5.91 Å². The molecule has 0 unspecified atom stereocenters. The number of benzene rings is 1. The van der Waals surface area contributed by atoms with Gasteiger partial charge in [0.05, 0.1) is 4.92 Å². The van der Waals surface area contributed by atoms with E-state index in [1.54, 1.807) is 12.1 Å². The minimum atomic E-state index is -0.500. The van der Waals surface area contributed by atoms with Gasteiger partial charge in [-0.3, -0.25) is 20.8 Å². The first-order valence-electron chi connectivity index (χ1n) is 6.89. The molecule has 1 aliphatic rings. The quantitative estimate of drug-likeness (QED) is 0.414. The molecule has 21 heavy (non-hydrogen) atoms. The number of nitro groups is 1. The number of nitrogen functional groups attached to an aromatic ring is 1. The molecule has 0 spiro atoms. The Morgan fingerprint density at radius 3 is 2.62 bits per heavy atom. The molecule has 4 N–H and O–H groups in total. The Hall–Kier alpha value is -2.35. The molecule has 0 atom stereocenters. The van der Waals surface area contributed by atoms with Crippen LogP contribution in [-0.4, -0.2) is 35.4 Å². The van der Waals surface area contributed by atoms with E-state index in [0.29, 0.717) is 18.7 Å². The Morgan fingerprint density at radius 1 is 1.33 bits per heavy atom. The molecule has 8 nitrogen and oxygen atoms in total. The predicted octanol–water partition coefficient (Wildman–Crippen LogP) is 1.30. The highest BCUT2D eigenvalue weighted by Gasteiger charge is 2.20. The molecule has 1 aromatic carbocycles. The van der Waals surface area contributed by atoms with Gasteiger partial charge in [0, 0.05) is 26.1 Å². The highest BCUT2D eigenvalue weighted by molar-refractivity contribution is 5.78. The third kappa shape index (κ3) is 3.60. The van der Waals surface area contributed by atoms with Crippen LogP contribution in [0.1, 0.15) is 19.3 Å². The number of amides is 1. The van der Waals surface area contributed by atoms with Crippen LogP contribution in [0.2, 0.25) is 0 Å². The van der Waals surface area contributed by atoms with Crippen molar-refractivity contribution in [1.82, 2.24) is 4.90 Å². The van der Waals surface area contributed by atoms with Crippen molar-refractivity contribution >= 4 is 23.0 Å². The maximum atomic E-state index is 11.9. The predicted molar refractivity (Wildman–Crippen MR) is 79.8 cm³/mol. The van der Waals surface area contributed by atoms with Crippen molar-refractivity contribution in [2.24, 2.45) is 5.84 Å². The third-order valence-electron chi connectivity index (χ3n) is 3.49. The molecule has 1 heterocycles. The summed E-state index contributed by atoms with van der Waals surface area (Å²) in [5.74, 6) is 5.35. The first kappa shape index (κ1) is 15.0. The lowest BCUT2D eigenvalue weighted by molar-refractivity contribution is -0.383. The van der Waals surface area contributed by atoms with E-state index < -0.39 is 4.92 Å². The maximum absolute atomic E-state index is 11.9. The SMILES string of the molecule is NNc1cccc(NCCC(=O)N2CCCC2)c1[N+](=O)[O-]. The number of anilines is 2. The number of nitrogens with two attached hydrogens (primary N) is 1. The molecule has 2 rings (SSSR count). The first-order valence-corrected chi connectivity index (χ1v) is 6.89. The van der Waals surface area contributed by atoms with Gasteiger partial charge in [-0.1, -0.05) is 6.07 Å². The maximum Gasteiger partial charge on any atom is 0.316 e. The number of hydrogen-bond acceptors (Lipinski definition) is 6. The molecular formula is C13H19N5O3. The van der Waals surface area contributed by atoms with Crippen LogP contribution >= 0.6 is 0 Å². The number of carbonyl (C=O) groups is 1. The summed E-state index contributed by atoms with van der Waals surface area (Å²) < 4.78 is 0. The van der Waals surface area contributed by atoms with Gasteiger partial charge in [0.15, 0.2) is 0 Å². The number of para-hydroxylation sites is 1. The summed E-state index contributed by atoms with van der Waals surface area (Å²) in [6.07, 6.45) is 2.42. The van der Waals surface area contributed by atoms with Crippen molar-refractivity contribution in [3.05, 3.63) is 28.3 Å². The molecule has 0 aliphatic carbocycles. The van der Waals surface area contributed by atoms with Crippen molar-refractivity contribution in [3.63, 3.8) is 0 Å². The third-order valence-corrected chi connectivity index (χ3v) is 3.49. The van der Waals surface area contributed by atoms with Gasteiger partial charge in [-0.05, 0) is 25.0 Å². The Labute approximate surface area is 122 Å². The van der Waals surface area contributed by atoms with E-state index in [1.807, 2.05) is 4.90 Å². The van der Waals surface area contributed by atoms with Gasteiger partial charge in [-0.15, -0.1) is 0 Å². The van der Waals surface area contributed by atoms with Crippen molar-refractivity contribution in [2.45, 2.75) is 19.3 Å². The highest BCUT2D eigenvalue weighted by Crippen LogP contribution is 2.32. The van der Waals surface area contributed by atoms with Crippen LogP contribution in [-0.2, 0) is 4.79 Å². The number of carbonyl (C=O) groups excluding carboxylic acids is 1. The number of hydrazine groups is 1. The van der Waals surface area contributed by atoms with Crippen LogP contribution in [0.25, 0.3) is 0 Å². The van der Waals surface area contributed by atoms with Crippen molar-refractivity contribution in [2.75, 3.05) is 30.4 Å². The van der Waals surface area contributed by atoms with Gasteiger partial charge in [0.1, 0.15) is 11.4 Å². The van der Waals surface area contributed by atoms with Gasteiger partial charge in [-0.25, -0.2) is 0 Å². The summed E-state index contributed by atoms with van der Waals surface area (Å²) >= 11 is 0. The first-order chi connectivity index (χ1) is 10.1. The van der Waals surface area contributed by atoms with Crippen molar-refractivity contribution < 1.29 is 9.72 Å². The van der Waals surface area contributed by atoms with Crippen molar-refractivity contribution in [3.8, 4) is 0 Å². The fourth-order valence-electron chi connectivity index (χ4n) is 2.43. The molecule has 1 aromatic rings. The minimum absolute atomic E-state index is 0.0794. The van der Waals surface area contributed by atoms with E-state index in [2.05, 4.69) is 10.7 Å². The smallest absolute Gasteiger partial charge is 0.316 e. The standard InChI is InChI=1S/C13H19N5O3/c14-16-11-5-3-4-10(13(11)18(20)21)15-7-6-12(19)17-8-1-2-9-17/h3-5,15-16H,1-2,6-9,14H2. The molecule has 114 valence electrons. The van der Waals surface area contributed by atoms with Gasteiger partial charge >= 0.3 is 5.69 Å². The van der Waals surface area contributed by atoms with Crippen molar-refractivity contribution in [1.29, 1.82) is 0 Å². The second-order valence-electron chi connectivity index (χ2n) is 4.87. The molecule has 0 bridgehead atoms. The van der Waals surface area contributed by atoms with Crippen LogP contribution in [0.4, 0.5) is 17.1 Å². The van der Waals surface area contributed by atoms with Gasteiger partial charge < -0.3 is 15.6 Å². The average molecular weight is 293 g/mol. The van der Waals surface area contributed by atoms with Crippen LogP contribution < -0.4 is 16.6 Å². The Bertz CT molecular complexity index is 529. The van der Waals surface area contributed by atoms with Crippen LogP contribution in [0.15, 0.2) is 18.2 Å². The lowest BCUT2D eigenvalue weighted by atomic mass is 10.2. The summed E-state index contributed by atoms with van der Waals surface area (Å²) in [6.45, 7) is 1.97. The molecule has 1 saturated heterocycles. The fourth-order valence-corrected chi connectivity index (χ4v) is 2.43. The lowest BCUT2D eigenvalue weighted by Crippen LogP contribution is -2.29. The number of likely N-dealkylation sites (tertiary alicyclic amines) is 1. The number of hydrogen-bond donors (Lipinski definition) is 3. The van der Waals surface area contributed by atoms with Crippen LogP contribution in [0.5, 0.6) is 0 Å². The number of nitrogens with zero attached hydrogens (tertiary/aromatic N) is 2. The largest absolute Gasteiger partial charge is 0.379 e. The topological polar surface area (TPSA) is 114 Å². The molecular weight excluding hydrogens is 274 g/mol. The summed E-state index contributed by atoms with van der Waals surface area (Å²) in [7, 11) is 0. The second-order valence-corrected chi connectivity index (χ2v) is 4.87. The summed E-state index contributed by atoms with van der Waals surface area (Å²) in [5, 5.41) is 14.0.